The number of hydrogen-bond acceptors (Lipinski definition) is 10. The molecule has 0 fully saturated rings. The van der Waals surface area contributed by atoms with Gasteiger partial charge in [-0.05, 0) is 197 Å². The van der Waals surface area contributed by atoms with E-state index in [9.17, 15) is 56.9 Å². The maximum absolute atomic E-state index is 13.0. The van der Waals surface area contributed by atoms with Crippen LogP contribution in [0.3, 0.4) is 0 Å². The molecule has 6 amide bonds. The molecule has 17 nitrogen and oxygen atoms in total. The van der Waals surface area contributed by atoms with E-state index in [0.29, 0.717) is 33.8 Å². The smallest absolute Gasteiger partial charge is 0.417 e. The Labute approximate surface area is 706 Å². The van der Waals surface area contributed by atoms with Crippen molar-refractivity contribution in [3.63, 3.8) is 0 Å². The van der Waals surface area contributed by atoms with Gasteiger partial charge >= 0.3 is 12.1 Å². The Morgan fingerprint density at radius 1 is 0.357 bits per heavy atom. The number of ether oxygens (including phenoxy) is 2. The van der Waals surface area contributed by atoms with E-state index in [1.54, 1.807) is 60.7 Å². The molecule has 12 rings (SSSR count). The third-order valence-electron chi connectivity index (χ3n) is 15.5. The summed E-state index contributed by atoms with van der Waals surface area (Å²) in [6, 6.07) is 80.2. The van der Waals surface area contributed by atoms with Crippen LogP contribution in [0.4, 0.5) is 47.3 Å². The topological polar surface area (TPSA) is 251 Å². The minimum absolute atomic E-state index is 0.0177. The number of carboxylic acid groups (broad SMARTS) is 1. The second kappa shape index (κ2) is 44.9. The number of aryl methyl sites for hydroxylation is 2. The number of para-hydroxylation sites is 4. The van der Waals surface area contributed by atoms with Gasteiger partial charge in [-0.15, -0.1) is 0 Å². The summed E-state index contributed by atoms with van der Waals surface area (Å²) in [5.41, 5.74) is 5.49. The maximum Gasteiger partial charge on any atom is 0.417 e. The van der Waals surface area contributed by atoms with Crippen molar-refractivity contribution < 1.29 is 66.4 Å². The summed E-state index contributed by atoms with van der Waals surface area (Å²) < 4.78 is 50.9. The van der Waals surface area contributed by atoms with Crippen molar-refractivity contribution in [3.05, 3.63) is 368 Å². The van der Waals surface area contributed by atoms with Crippen molar-refractivity contribution in [2.24, 2.45) is 0 Å². The van der Waals surface area contributed by atoms with Crippen LogP contribution in [0, 0.1) is 17.4 Å². The standard InChI is InChI=1S/C17H16F3NO2.C17H19NO2.C14H5Cl6NO3.C14H13NO.C13H10INO.C13H11NO2/c1-11(2)23-13-7-5-6-12(10-13)21-16(22)14-8-3-4-9-15(14)17(18,19)20;1-12(2)20-15-9-6-8-14(11-15)18-17(19)16-10-5-4-7-13(16)3;15-4-2-1-3-5(8(4)16)21-13(22)6-7(14(23)24)10(18)12(20)11(19)9(6)17;1-11-7-5-6-10-13(11)14(16)15-12-8-3-2-4-9-12;14-12-9-5-4-8-11(12)13(16)15-10-6-2-1-3-7-10;15-12-9-5-4-8-11(12)13(16)14-10-6-2-1-3-7-10/h3-11H,1-2H3,(H,21,22);4-12H,1-3H3,(H,18,19);1-3H,(H,21,22)(H,23,24);2-10H,1H3,(H,15,16);1-9H,(H,15,16);1-9,15H,(H,14,16). The molecular weight excluding hydrogens is 1710 g/mol. The average Bonchev–Trinajstić information content (AvgIpc) is 0.763. The van der Waals surface area contributed by atoms with Gasteiger partial charge in [0.1, 0.15) is 17.2 Å². The number of nitrogens with one attached hydrogen (secondary N) is 6. The summed E-state index contributed by atoms with van der Waals surface area (Å²) in [5, 5.41) is 34.0. The number of hydrogen-bond donors (Lipinski definition) is 8. The quantitative estimate of drug-likeness (QED) is 0.0242. The number of phenolic OH excluding ortho intramolecular Hbond substituents is 1. The van der Waals surface area contributed by atoms with E-state index >= 15 is 0 Å². The first-order valence-electron chi connectivity index (χ1n) is 34.7. The molecule has 592 valence electrons. The van der Waals surface area contributed by atoms with Crippen LogP contribution in [-0.2, 0) is 6.18 Å². The number of halogens is 10. The summed E-state index contributed by atoms with van der Waals surface area (Å²) in [6.07, 6.45) is -4.53. The third kappa shape index (κ3) is 28.3. The summed E-state index contributed by atoms with van der Waals surface area (Å²) >= 11 is 37.6. The van der Waals surface area contributed by atoms with Gasteiger partial charge in [-0.25, -0.2) is 4.79 Å². The van der Waals surface area contributed by atoms with Crippen LogP contribution in [0.25, 0.3) is 0 Å². The van der Waals surface area contributed by atoms with Crippen LogP contribution in [0.15, 0.2) is 279 Å². The molecule has 0 atom stereocenters. The molecule has 115 heavy (non-hydrogen) atoms. The molecule has 0 saturated heterocycles. The van der Waals surface area contributed by atoms with Gasteiger partial charge in [0, 0.05) is 55.3 Å². The van der Waals surface area contributed by atoms with Crippen LogP contribution < -0.4 is 41.4 Å². The Balaban J connectivity index is 0.000000192. The summed E-state index contributed by atoms with van der Waals surface area (Å²) in [6.45, 7) is 11.5. The van der Waals surface area contributed by atoms with Crippen molar-refractivity contribution in [2.75, 3.05) is 31.9 Å². The van der Waals surface area contributed by atoms with Crippen molar-refractivity contribution in [1.29, 1.82) is 0 Å². The molecule has 0 heterocycles. The minimum Gasteiger partial charge on any atom is -0.507 e. The maximum atomic E-state index is 13.0. The lowest BCUT2D eigenvalue weighted by Gasteiger charge is -2.14. The molecule has 0 bridgehead atoms. The fraction of sp³-hybridized carbons (Fsp3) is 0.102. The zero-order valence-electron chi connectivity index (χ0n) is 62.1. The molecule has 0 aliphatic rings. The summed E-state index contributed by atoms with van der Waals surface area (Å²) in [7, 11) is 0. The molecule has 0 saturated carbocycles. The molecule has 0 radical (unpaired) electrons. The highest BCUT2D eigenvalue weighted by atomic mass is 127. The van der Waals surface area contributed by atoms with Crippen LogP contribution in [0.1, 0.15) is 117 Å². The van der Waals surface area contributed by atoms with Crippen LogP contribution in [0.5, 0.6) is 17.2 Å². The van der Waals surface area contributed by atoms with Crippen LogP contribution >= 0.6 is 92.2 Å². The summed E-state index contributed by atoms with van der Waals surface area (Å²) in [5.74, 6) is -2.50. The number of aromatic hydroxyl groups is 1. The second-order valence-corrected chi connectivity index (χ2v) is 28.3. The monoisotopic (exact) mass is 1780 g/mol. The number of amides is 6. The van der Waals surface area contributed by atoms with Crippen molar-refractivity contribution >= 4 is 168 Å². The van der Waals surface area contributed by atoms with Gasteiger partial charge in [-0.2, -0.15) is 13.2 Å². The number of carboxylic acids is 1. The second-order valence-electron chi connectivity index (χ2n) is 24.8. The number of anilines is 6. The Morgan fingerprint density at radius 2 is 0.696 bits per heavy atom. The average molecular weight is 1790 g/mol. The molecule has 0 spiro atoms. The predicted molar refractivity (Wildman–Crippen MR) is 462 cm³/mol. The van der Waals surface area contributed by atoms with E-state index in [1.807, 2.05) is 217 Å². The number of phenols is 1. The molecule has 12 aromatic rings. The largest absolute Gasteiger partial charge is 0.507 e. The van der Waals surface area contributed by atoms with Gasteiger partial charge < -0.3 is 51.6 Å². The molecule has 27 heteroatoms. The molecule has 0 aliphatic carbocycles. The van der Waals surface area contributed by atoms with Gasteiger partial charge in [-0.3, -0.25) is 28.8 Å². The van der Waals surface area contributed by atoms with Gasteiger partial charge in [0.2, 0.25) is 0 Å². The fourth-order valence-corrected chi connectivity index (χ4v) is 12.1. The molecule has 0 unspecified atom stereocenters. The molecule has 12 aromatic carbocycles. The molecule has 0 aliphatic heterocycles. The van der Waals surface area contributed by atoms with Crippen molar-refractivity contribution in [3.8, 4) is 17.2 Å². The third-order valence-corrected chi connectivity index (χ3v) is 19.0. The number of carbonyl (C=O) groups excluding carboxylic acids is 6. The number of alkyl halides is 3. The van der Waals surface area contributed by atoms with Gasteiger partial charge in [0.15, 0.2) is 0 Å². The normalized spacial score (nSPS) is 10.4. The first kappa shape index (κ1) is 90.8. The Hall–Kier alpha value is -11.4. The highest BCUT2D eigenvalue weighted by molar-refractivity contribution is 14.1. The zero-order valence-corrected chi connectivity index (χ0v) is 68.8. The minimum atomic E-state index is -4.59. The number of carbonyl (C=O) groups is 7. The molecule has 0 aromatic heterocycles. The first-order valence-corrected chi connectivity index (χ1v) is 38.1. The van der Waals surface area contributed by atoms with E-state index in [2.05, 4.69) is 54.5 Å². The summed E-state index contributed by atoms with van der Waals surface area (Å²) in [4.78, 5) is 84.0. The lowest BCUT2D eigenvalue weighted by atomic mass is 10.1. The van der Waals surface area contributed by atoms with Gasteiger partial charge in [0.05, 0.1) is 81.4 Å². The number of benzene rings is 12. The highest BCUT2D eigenvalue weighted by Gasteiger charge is 2.35. The highest BCUT2D eigenvalue weighted by Crippen LogP contribution is 2.43. The SMILES string of the molecule is CC(C)Oc1cccc(NC(=O)c2ccccc2C(F)(F)F)c1.Cc1ccccc1C(=O)Nc1cccc(OC(C)C)c1.Cc1ccccc1C(=O)Nc1ccccc1.O=C(Nc1ccccc1)c1ccccc1I.O=C(Nc1ccccc1)c1ccccc1O.O=C(O)c1c(Cl)c(Cl)c(Cl)c(Cl)c1C(=O)Nc1cccc(Cl)c1Cl. The van der Waals surface area contributed by atoms with E-state index in [4.69, 9.17) is 79.1 Å². The van der Waals surface area contributed by atoms with E-state index < -0.39 is 51.2 Å². The van der Waals surface area contributed by atoms with E-state index in [0.717, 1.165) is 49.6 Å². The Bertz CT molecular complexity index is 5140. The van der Waals surface area contributed by atoms with E-state index in [-0.39, 0.29) is 78.0 Å². The fourth-order valence-electron chi connectivity index (χ4n) is 10.1. The number of rotatable bonds is 17. The van der Waals surface area contributed by atoms with Crippen LogP contribution in [-0.4, -0.2) is 63.8 Å². The Kier molecular flexibility index (Phi) is 35.4. The van der Waals surface area contributed by atoms with Gasteiger partial charge in [-0.1, -0.05) is 215 Å². The first-order chi connectivity index (χ1) is 54.8. The number of aromatic carboxylic acids is 1. The van der Waals surface area contributed by atoms with Crippen LogP contribution in [0.2, 0.25) is 30.1 Å². The molecule has 8 N–H and O–H groups in total. The van der Waals surface area contributed by atoms with Gasteiger partial charge in [0.25, 0.3) is 35.4 Å². The van der Waals surface area contributed by atoms with E-state index in [1.165, 1.54) is 30.3 Å². The van der Waals surface area contributed by atoms with Crippen molar-refractivity contribution in [1.82, 2.24) is 0 Å². The van der Waals surface area contributed by atoms with Crippen molar-refractivity contribution in [2.45, 2.75) is 59.9 Å². The molecular formula is C88H74Cl6F3IN6O11. The zero-order chi connectivity index (χ0) is 83.9. The Morgan fingerprint density at radius 3 is 1.11 bits per heavy atom. The predicted octanol–water partition coefficient (Wildman–Crippen LogP) is 24.8. The lowest BCUT2D eigenvalue weighted by Crippen LogP contribution is -2.18. The lowest BCUT2D eigenvalue weighted by molar-refractivity contribution is -0.137.